The third-order valence-corrected chi connectivity index (χ3v) is 3.94. The quantitative estimate of drug-likeness (QED) is 0.904. The first-order valence-electron chi connectivity index (χ1n) is 7.07. The van der Waals surface area contributed by atoms with Gasteiger partial charge in [-0.05, 0) is 12.0 Å². The Morgan fingerprint density at radius 2 is 2.05 bits per heavy atom. The lowest BCUT2D eigenvalue weighted by Crippen LogP contribution is -2.28. The summed E-state index contributed by atoms with van der Waals surface area (Å²) in [5.41, 5.74) is 2.08. The van der Waals surface area contributed by atoms with Gasteiger partial charge in [0.25, 0.3) is 0 Å². The number of ether oxygens (including phenoxy) is 1. The van der Waals surface area contributed by atoms with Crippen LogP contribution in [0.3, 0.4) is 0 Å². The van der Waals surface area contributed by atoms with Gasteiger partial charge in [0, 0.05) is 25.5 Å². The topological polar surface area (TPSA) is 62.1 Å². The van der Waals surface area contributed by atoms with E-state index in [1.165, 1.54) is 0 Å². The predicted molar refractivity (Wildman–Crippen MR) is 77.9 cm³/mol. The lowest BCUT2D eigenvalue weighted by atomic mass is 9.77. The van der Waals surface area contributed by atoms with E-state index in [0.29, 0.717) is 29.2 Å². The fourth-order valence-corrected chi connectivity index (χ4v) is 3.00. The Morgan fingerprint density at radius 3 is 2.71 bits per heavy atom. The number of ketones is 1. The van der Waals surface area contributed by atoms with Crippen molar-refractivity contribution in [2.45, 2.75) is 25.2 Å². The van der Waals surface area contributed by atoms with Gasteiger partial charge in [-0.25, -0.2) is 0 Å². The third-order valence-electron chi connectivity index (χ3n) is 3.94. The lowest BCUT2D eigenvalue weighted by Gasteiger charge is -2.32. The molecule has 1 unspecified atom stereocenters. The molecule has 1 aliphatic carbocycles. The molecule has 1 aromatic carbocycles. The van der Waals surface area contributed by atoms with Gasteiger partial charge in [0.1, 0.15) is 17.4 Å². The van der Waals surface area contributed by atoms with Crippen LogP contribution < -0.4 is 5.32 Å². The van der Waals surface area contributed by atoms with Crippen LogP contribution in [-0.2, 0) is 9.53 Å². The highest BCUT2D eigenvalue weighted by Crippen LogP contribution is 2.43. The maximum absolute atomic E-state index is 12.4. The Balaban J connectivity index is 2.19. The molecule has 3 rings (SSSR count). The highest BCUT2D eigenvalue weighted by Gasteiger charge is 2.38. The van der Waals surface area contributed by atoms with Gasteiger partial charge in [0.15, 0.2) is 5.78 Å². The van der Waals surface area contributed by atoms with Gasteiger partial charge in [0.05, 0.1) is 5.92 Å². The second kappa shape index (κ2) is 5.45. The van der Waals surface area contributed by atoms with Gasteiger partial charge in [-0.2, -0.15) is 5.26 Å². The predicted octanol–water partition coefficient (Wildman–Crippen LogP) is 2.76. The van der Waals surface area contributed by atoms with Crippen LogP contribution >= 0.6 is 0 Å². The number of hydrogen-bond donors (Lipinski definition) is 1. The van der Waals surface area contributed by atoms with Gasteiger partial charge in [-0.3, -0.25) is 4.79 Å². The summed E-state index contributed by atoms with van der Waals surface area (Å²) in [6.45, 7) is 0. The third kappa shape index (κ3) is 2.21. The number of benzene rings is 1. The average Bonchev–Trinajstić information content (AvgIpc) is 2.54. The van der Waals surface area contributed by atoms with E-state index in [2.05, 4.69) is 11.4 Å². The van der Waals surface area contributed by atoms with E-state index in [9.17, 15) is 10.1 Å². The van der Waals surface area contributed by atoms with Crippen LogP contribution in [0.5, 0.6) is 0 Å². The molecule has 0 aromatic heterocycles. The van der Waals surface area contributed by atoms with Crippen molar-refractivity contribution in [3.05, 3.63) is 58.7 Å². The van der Waals surface area contributed by atoms with Crippen LogP contribution in [-0.4, -0.2) is 12.8 Å². The normalized spacial score (nSPS) is 21.5. The maximum Gasteiger partial charge on any atom is 0.207 e. The summed E-state index contributed by atoms with van der Waals surface area (Å²) in [6.07, 6.45) is 2.07. The van der Waals surface area contributed by atoms with Gasteiger partial charge in [-0.1, -0.05) is 30.3 Å². The summed E-state index contributed by atoms with van der Waals surface area (Å²) in [6, 6.07) is 11.9. The van der Waals surface area contributed by atoms with Crippen molar-refractivity contribution in [2.75, 3.05) is 7.05 Å². The van der Waals surface area contributed by atoms with Crippen LogP contribution in [0.15, 0.2) is 53.1 Å². The highest BCUT2D eigenvalue weighted by molar-refractivity contribution is 5.99. The summed E-state index contributed by atoms with van der Waals surface area (Å²) in [5, 5.41) is 12.5. The van der Waals surface area contributed by atoms with Crippen molar-refractivity contribution in [2.24, 2.45) is 0 Å². The van der Waals surface area contributed by atoms with E-state index in [1.807, 2.05) is 30.3 Å². The molecule has 1 aliphatic heterocycles. The van der Waals surface area contributed by atoms with Crippen LogP contribution in [0.2, 0.25) is 0 Å². The molecule has 1 aromatic rings. The Bertz CT molecular complexity index is 680. The number of carbonyl (C=O) groups excluding carboxylic acids is 1. The van der Waals surface area contributed by atoms with Crippen LogP contribution in [0.25, 0.3) is 0 Å². The van der Waals surface area contributed by atoms with Crippen LogP contribution in [0.1, 0.15) is 30.7 Å². The van der Waals surface area contributed by atoms with Crippen molar-refractivity contribution >= 4 is 5.78 Å². The summed E-state index contributed by atoms with van der Waals surface area (Å²) in [4.78, 5) is 12.4. The monoisotopic (exact) mass is 280 g/mol. The van der Waals surface area contributed by atoms with Gasteiger partial charge < -0.3 is 10.1 Å². The molecule has 2 aliphatic rings. The van der Waals surface area contributed by atoms with Gasteiger partial charge in [-0.15, -0.1) is 0 Å². The SMILES string of the molecule is CNC1=C(C#N)C(c2ccccc2)C2=C(CCCC2=O)O1. The van der Waals surface area contributed by atoms with E-state index in [1.54, 1.807) is 7.05 Å². The van der Waals surface area contributed by atoms with E-state index in [4.69, 9.17) is 4.74 Å². The summed E-state index contributed by atoms with van der Waals surface area (Å²) >= 11 is 0. The molecule has 0 spiro atoms. The minimum Gasteiger partial charge on any atom is -0.444 e. The number of nitriles is 1. The summed E-state index contributed by atoms with van der Waals surface area (Å²) in [5.74, 6) is 0.937. The fraction of sp³-hybridized carbons (Fsp3) is 0.294. The molecular formula is C17H16N2O2. The zero-order chi connectivity index (χ0) is 14.8. The zero-order valence-electron chi connectivity index (χ0n) is 11.8. The van der Waals surface area contributed by atoms with Crippen molar-refractivity contribution in [3.63, 3.8) is 0 Å². The standard InChI is InChI=1S/C17H16N2O2/c1-19-17-12(10-18)15(11-6-3-2-4-7-11)16-13(20)8-5-9-14(16)21-17/h2-4,6-7,15,19H,5,8-9H2,1H3. The Morgan fingerprint density at radius 1 is 1.29 bits per heavy atom. The summed E-state index contributed by atoms with van der Waals surface area (Å²) in [7, 11) is 1.73. The Labute approximate surface area is 123 Å². The highest BCUT2D eigenvalue weighted by atomic mass is 16.5. The van der Waals surface area contributed by atoms with Gasteiger partial charge >= 0.3 is 0 Å². The number of nitrogens with zero attached hydrogens (tertiary/aromatic N) is 1. The molecule has 0 bridgehead atoms. The van der Waals surface area contributed by atoms with Crippen LogP contribution in [0, 0.1) is 11.3 Å². The van der Waals surface area contributed by atoms with Crippen molar-refractivity contribution in [1.29, 1.82) is 5.26 Å². The molecular weight excluding hydrogens is 264 g/mol. The zero-order valence-corrected chi connectivity index (χ0v) is 11.8. The summed E-state index contributed by atoms with van der Waals surface area (Å²) < 4.78 is 5.77. The Hall–Kier alpha value is -2.54. The van der Waals surface area contributed by atoms with E-state index in [-0.39, 0.29) is 11.7 Å². The number of nitrogens with one attached hydrogen (secondary N) is 1. The maximum atomic E-state index is 12.4. The number of rotatable bonds is 2. The minimum atomic E-state index is -0.324. The minimum absolute atomic E-state index is 0.0907. The average molecular weight is 280 g/mol. The first-order valence-corrected chi connectivity index (χ1v) is 7.07. The van der Waals surface area contributed by atoms with Crippen LogP contribution in [0.4, 0.5) is 0 Å². The molecule has 0 saturated heterocycles. The first kappa shape index (κ1) is 13.4. The lowest BCUT2D eigenvalue weighted by molar-refractivity contribution is -0.116. The number of allylic oxidation sites excluding steroid dienone is 3. The van der Waals surface area contributed by atoms with E-state index in [0.717, 1.165) is 18.4 Å². The van der Waals surface area contributed by atoms with E-state index >= 15 is 0 Å². The molecule has 1 heterocycles. The molecule has 0 radical (unpaired) electrons. The molecule has 4 heteroatoms. The number of Topliss-reactive ketones (excluding diaryl/α,β-unsaturated/α-hetero) is 1. The fourth-order valence-electron chi connectivity index (χ4n) is 3.00. The molecule has 0 amide bonds. The van der Waals surface area contributed by atoms with Crippen molar-refractivity contribution in [3.8, 4) is 6.07 Å². The molecule has 1 N–H and O–H groups in total. The smallest absolute Gasteiger partial charge is 0.207 e. The molecule has 4 nitrogen and oxygen atoms in total. The molecule has 0 fully saturated rings. The first-order chi connectivity index (χ1) is 10.3. The largest absolute Gasteiger partial charge is 0.444 e. The number of hydrogen-bond acceptors (Lipinski definition) is 4. The molecule has 21 heavy (non-hydrogen) atoms. The van der Waals surface area contributed by atoms with Crippen molar-refractivity contribution in [1.82, 2.24) is 5.32 Å². The van der Waals surface area contributed by atoms with E-state index < -0.39 is 0 Å². The molecule has 0 saturated carbocycles. The Kier molecular flexibility index (Phi) is 3.49. The van der Waals surface area contributed by atoms with Crippen molar-refractivity contribution < 1.29 is 9.53 Å². The molecule has 1 atom stereocenters. The molecule has 106 valence electrons. The number of carbonyl (C=O) groups is 1. The van der Waals surface area contributed by atoms with Gasteiger partial charge in [0.2, 0.25) is 5.88 Å². The second-order valence-electron chi connectivity index (χ2n) is 5.16. The second-order valence-corrected chi connectivity index (χ2v) is 5.16.